The molecule has 1 aromatic carbocycles. The molecule has 16 heavy (non-hydrogen) atoms. The van der Waals surface area contributed by atoms with E-state index in [0.29, 0.717) is 22.4 Å². The summed E-state index contributed by atoms with van der Waals surface area (Å²) in [6, 6.07) is 3.78. The molecular weight excluding hydrogens is 226 g/mol. The molecule has 1 aromatic rings. The van der Waals surface area contributed by atoms with Crippen molar-refractivity contribution in [1.82, 2.24) is 0 Å². The largest absolute Gasteiger partial charge is 0.493 e. The van der Waals surface area contributed by atoms with Crippen LogP contribution in [0.1, 0.15) is 18.9 Å². The van der Waals surface area contributed by atoms with Gasteiger partial charge in [-0.15, -0.1) is 0 Å². The fourth-order valence-electron chi connectivity index (χ4n) is 2.04. The number of ether oxygens (including phenoxy) is 2. The van der Waals surface area contributed by atoms with Gasteiger partial charge in [0.05, 0.1) is 19.2 Å². The second kappa shape index (κ2) is 3.82. The molecule has 1 fully saturated rings. The normalized spacial score (nSPS) is 27.7. The molecule has 3 nitrogen and oxygen atoms in total. The Morgan fingerprint density at radius 3 is 2.44 bits per heavy atom. The van der Waals surface area contributed by atoms with Crippen molar-refractivity contribution >= 4 is 11.6 Å². The maximum atomic E-state index is 6.24. The van der Waals surface area contributed by atoms with Gasteiger partial charge >= 0.3 is 0 Å². The van der Waals surface area contributed by atoms with E-state index < -0.39 is 0 Å². The number of rotatable bonds is 3. The van der Waals surface area contributed by atoms with E-state index in [2.05, 4.69) is 6.92 Å². The van der Waals surface area contributed by atoms with Crippen molar-refractivity contribution in [3.8, 4) is 11.5 Å². The highest BCUT2D eigenvalue weighted by Gasteiger charge is 2.49. The summed E-state index contributed by atoms with van der Waals surface area (Å²) in [4.78, 5) is 0. The Hall–Kier alpha value is -0.930. The Kier molecular flexibility index (Phi) is 2.76. The molecule has 88 valence electrons. The fraction of sp³-hybridized carbons (Fsp3) is 0.500. The predicted octanol–water partition coefficient (Wildman–Crippen LogP) is 2.55. The molecule has 1 saturated carbocycles. The van der Waals surface area contributed by atoms with Crippen molar-refractivity contribution in [3.63, 3.8) is 0 Å². The first-order valence-corrected chi connectivity index (χ1v) is 5.61. The van der Waals surface area contributed by atoms with Crippen LogP contribution in [0.2, 0.25) is 5.02 Å². The van der Waals surface area contributed by atoms with Crippen molar-refractivity contribution in [1.29, 1.82) is 0 Å². The predicted molar refractivity (Wildman–Crippen MR) is 64.2 cm³/mol. The molecule has 1 aliphatic rings. The average Bonchev–Trinajstić information content (AvgIpc) is 2.87. The summed E-state index contributed by atoms with van der Waals surface area (Å²) in [6.07, 6.45) is 0.985. The van der Waals surface area contributed by atoms with Gasteiger partial charge in [0.25, 0.3) is 0 Å². The van der Waals surface area contributed by atoms with Gasteiger partial charge in [0.2, 0.25) is 0 Å². The summed E-state index contributed by atoms with van der Waals surface area (Å²) in [5.41, 5.74) is 7.01. The third-order valence-electron chi connectivity index (χ3n) is 3.33. The molecule has 2 unspecified atom stereocenters. The van der Waals surface area contributed by atoms with Crippen LogP contribution in [0.5, 0.6) is 11.5 Å². The second-order valence-corrected chi connectivity index (χ2v) is 4.75. The van der Waals surface area contributed by atoms with Crippen LogP contribution >= 0.6 is 11.6 Å². The SMILES string of the molecule is COc1cc(C2(N)CC2C)cc(Cl)c1OC. The highest BCUT2D eigenvalue weighted by Crippen LogP contribution is 2.51. The van der Waals surface area contributed by atoms with Gasteiger partial charge in [0.1, 0.15) is 0 Å². The molecular formula is C12H16ClNO2. The maximum absolute atomic E-state index is 6.24. The fourth-order valence-corrected chi connectivity index (χ4v) is 2.32. The first-order valence-electron chi connectivity index (χ1n) is 5.23. The number of hydrogen-bond donors (Lipinski definition) is 1. The van der Waals surface area contributed by atoms with Crippen molar-refractivity contribution in [3.05, 3.63) is 22.7 Å². The summed E-state index contributed by atoms with van der Waals surface area (Å²) in [6.45, 7) is 2.13. The number of hydrogen-bond acceptors (Lipinski definition) is 3. The molecule has 0 aromatic heterocycles. The molecule has 0 saturated heterocycles. The zero-order valence-corrected chi connectivity index (χ0v) is 10.5. The van der Waals surface area contributed by atoms with Crippen LogP contribution < -0.4 is 15.2 Å². The highest BCUT2D eigenvalue weighted by molar-refractivity contribution is 6.32. The van der Waals surface area contributed by atoms with Crippen LogP contribution in [-0.2, 0) is 5.54 Å². The van der Waals surface area contributed by atoms with E-state index in [1.807, 2.05) is 12.1 Å². The Balaban J connectivity index is 2.47. The van der Waals surface area contributed by atoms with Crippen LogP contribution in [0.4, 0.5) is 0 Å². The Labute approximate surface area is 100 Å². The number of halogens is 1. The summed E-state index contributed by atoms with van der Waals surface area (Å²) in [5.74, 6) is 1.68. The lowest BCUT2D eigenvalue weighted by molar-refractivity contribution is 0.354. The van der Waals surface area contributed by atoms with Gasteiger partial charge in [-0.1, -0.05) is 18.5 Å². The highest BCUT2D eigenvalue weighted by atomic mass is 35.5. The van der Waals surface area contributed by atoms with E-state index in [1.165, 1.54) is 0 Å². The zero-order chi connectivity index (χ0) is 11.9. The molecule has 4 heteroatoms. The van der Waals surface area contributed by atoms with E-state index in [-0.39, 0.29) is 5.54 Å². The van der Waals surface area contributed by atoms with E-state index in [4.69, 9.17) is 26.8 Å². The third-order valence-corrected chi connectivity index (χ3v) is 3.61. The quantitative estimate of drug-likeness (QED) is 0.885. The minimum absolute atomic E-state index is 0.247. The van der Waals surface area contributed by atoms with Crippen molar-refractivity contribution in [2.75, 3.05) is 14.2 Å². The molecule has 1 aliphatic carbocycles. The van der Waals surface area contributed by atoms with Gasteiger partial charge in [-0.05, 0) is 30.0 Å². The Morgan fingerprint density at radius 1 is 1.38 bits per heavy atom. The van der Waals surface area contributed by atoms with Crippen LogP contribution in [0, 0.1) is 5.92 Å². The molecule has 2 N–H and O–H groups in total. The number of nitrogens with two attached hydrogens (primary N) is 1. The van der Waals surface area contributed by atoms with Crippen molar-refractivity contribution < 1.29 is 9.47 Å². The van der Waals surface area contributed by atoms with Gasteiger partial charge in [0.15, 0.2) is 11.5 Å². The van der Waals surface area contributed by atoms with Crippen LogP contribution in [-0.4, -0.2) is 14.2 Å². The molecule has 0 radical (unpaired) electrons. The molecule has 0 heterocycles. The maximum Gasteiger partial charge on any atom is 0.179 e. The van der Waals surface area contributed by atoms with Gasteiger partial charge in [-0.25, -0.2) is 0 Å². The monoisotopic (exact) mass is 241 g/mol. The minimum atomic E-state index is -0.247. The molecule has 0 amide bonds. The summed E-state index contributed by atoms with van der Waals surface area (Å²) < 4.78 is 10.4. The van der Waals surface area contributed by atoms with E-state index in [0.717, 1.165) is 12.0 Å². The first-order chi connectivity index (χ1) is 7.52. The van der Waals surface area contributed by atoms with Gasteiger partial charge in [-0.2, -0.15) is 0 Å². The topological polar surface area (TPSA) is 44.5 Å². The molecule has 2 atom stereocenters. The zero-order valence-electron chi connectivity index (χ0n) is 9.71. The van der Waals surface area contributed by atoms with Crippen molar-refractivity contribution in [2.24, 2.45) is 11.7 Å². The van der Waals surface area contributed by atoms with E-state index in [1.54, 1.807) is 14.2 Å². The van der Waals surface area contributed by atoms with Crippen LogP contribution in [0.25, 0.3) is 0 Å². The minimum Gasteiger partial charge on any atom is -0.493 e. The molecule has 0 aliphatic heterocycles. The van der Waals surface area contributed by atoms with Gasteiger partial charge < -0.3 is 15.2 Å². The third kappa shape index (κ3) is 1.64. The summed E-state index contributed by atoms with van der Waals surface area (Å²) in [7, 11) is 3.17. The van der Waals surface area contributed by atoms with Crippen LogP contribution in [0.3, 0.4) is 0 Å². The first kappa shape index (κ1) is 11.6. The molecule has 2 rings (SSSR count). The van der Waals surface area contributed by atoms with Gasteiger partial charge in [0, 0.05) is 5.54 Å². The molecule has 0 spiro atoms. The second-order valence-electron chi connectivity index (χ2n) is 4.34. The van der Waals surface area contributed by atoms with Gasteiger partial charge in [-0.3, -0.25) is 0 Å². The summed E-state index contributed by atoms with van der Waals surface area (Å²) in [5, 5.41) is 0.542. The van der Waals surface area contributed by atoms with E-state index in [9.17, 15) is 0 Å². The smallest absolute Gasteiger partial charge is 0.179 e. The van der Waals surface area contributed by atoms with Crippen molar-refractivity contribution in [2.45, 2.75) is 18.9 Å². The Morgan fingerprint density at radius 2 is 2.00 bits per heavy atom. The standard InChI is InChI=1S/C12H16ClNO2/c1-7-6-12(7,14)8-4-9(13)11(16-3)10(5-8)15-2/h4-5,7H,6,14H2,1-3H3. The van der Waals surface area contributed by atoms with Crippen LogP contribution in [0.15, 0.2) is 12.1 Å². The lowest BCUT2D eigenvalue weighted by atomic mass is 10.0. The number of methoxy groups -OCH3 is 2. The number of benzene rings is 1. The average molecular weight is 242 g/mol. The molecule has 0 bridgehead atoms. The Bertz CT molecular complexity index is 422. The lowest BCUT2D eigenvalue weighted by Crippen LogP contribution is -2.21. The van der Waals surface area contributed by atoms with E-state index >= 15 is 0 Å². The summed E-state index contributed by atoms with van der Waals surface area (Å²) >= 11 is 6.13. The lowest BCUT2D eigenvalue weighted by Gasteiger charge is -2.16.